The number of anilines is 3. The average Bonchev–Trinajstić information content (AvgIpc) is 3.75. The first-order valence-corrected chi connectivity index (χ1v) is 22.1. The Kier molecular flexibility index (Phi) is 7.43. The van der Waals surface area contributed by atoms with E-state index in [1.807, 2.05) is 6.07 Å². The van der Waals surface area contributed by atoms with E-state index in [0.717, 1.165) is 50.1 Å². The van der Waals surface area contributed by atoms with Gasteiger partial charge in [0.1, 0.15) is 11.2 Å². The van der Waals surface area contributed by atoms with Crippen molar-refractivity contribution in [1.29, 1.82) is 0 Å². The zero-order valence-electron chi connectivity index (χ0n) is 34.7. The Bertz CT molecular complexity index is 4180. The normalized spacial score (nSPS) is 12.1. The molecule has 14 aromatic rings. The van der Waals surface area contributed by atoms with Gasteiger partial charge in [-0.05, 0) is 124 Å². The van der Waals surface area contributed by atoms with Gasteiger partial charge in [0, 0.05) is 38.5 Å². The molecule has 13 aromatic carbocycles. The molecule has 0 aliphatic rings. The Morgan fingerprint density at radius 2 is 0.766 bits per heavy atom. The van der Waals surface area contributed by atoms with Crippen molar-refractivity contribution in [3.05, 3.63) is 224 Å². The van der Waals surface area contributed by atoms with Crippen LogP contribution in [0.1, 0.15) is 0 Å². The van der Waals surface area contributed by atoms with E-state index in [2.05, 4.69) is 223 Å². The maximum atomic E-state index is 6.51. The van der Waals surface area contributed by atoms with Crippen molar-refractivity contribution in [2.45, 2.75) is 0 Å². The molecule has 2 heteroatoms. The van der Waals surface area contributed by atoms with Gasteiger partial charge in [-0.3, -0.25) is 0 Å². The highest BCUT2D eigenvalue weighted by Gasteiger charge is 2.22. The predicted octanol–water partition coefficient (Wildman–Crippen LogP) is 17.9. The first kappa shape index (κ1) is 35.2. The second-order valence-electron chi connectivity index (χ2n) is 17.2. The number of hydrogen-bond donors (Lipinski definition) is 0. The fraction of sp³-hybridized carbons (Fsp3) is 0. The summed E-state index contributed by atoms with van der Waals surface area (Å²) in [5.41, 5.74) is 9.68. The Morgan fingerprint density at radius 3 is 1.48 bits per heavy atom. The van der Waals surface area contributed by atoms with Gasteiger partial charge < -0.3 is 9.32 Å². The fourth-order valence-corrected chi connectivity index (χ4v) is 10.8. The summed E-state index contributed by atoms with van der Waals surface area (Å²) in [7, 11) is 0. The third-order valence-electron chi connectivity index (χ3n) is 13.7. The molecule has 0 bridgehead atoms. The Labute approximate surface area is 368 Å². The lowest BCUT2D eigenvalue weighted by molar-refractivity contribution is 0.670. The van der Waals surface area contributed by atoms with E-state index in [9.17, 15) is 0 Å². The molecule has 0 radical (unpaired) electrons. The lowest BCUT2D eigenvalue weighted by Crippen LogP contribution is -2.10. The first-order chi connectivity index (χ1) is 31.7. The molecule has 1 aromatic heterocycles. The molecule has 0 saturated carbocycles. The molecule has 0 N–H and O–H groups in total. The van der Waals surface area contributed by atoms with Crippen molar-refractivity contribution in [3.8, 4) is 22.3 Å². The molecular weight excluding hydrogens is 775 g/mol. The molecule has 0 saturated heterocycles. The third-order valence-corrected chi connectivity index (χ3v) is 13.7. The smallest absolute Gasteiger partial charge is 0.143 e. The molecule has 0 aliphatic carbocycles. The number of rotatable bonds is 5. The van der Waals surface area contributed by atoms with Gasteiger partial charge in [-0.1, -0.05) is 182 Å². The van der Waals surface area contributed by atoms with Crippen LogP contribution in [-0.2, 0) is 0 Å². The summed E-state index contributed by atoms with van der Waals surface area (Å²) >= 11 is 0. The van der Waals surface area contributed by atoms with Crippen LogP contribution < -0.4 is 4.90 Å². The maximum Gasteiger partial charge on any atom is 0.143 e. The zero-order chi connectivity index (χ0) is 41.9. The summed E-state index contributed by atoms with van der Waals surface area (Å²) in [6.45, 7) is 0. The van der Waals surface area contributed by atoms with Crippen molar-refractivity contribution >= 4 is 114 Å². The van der Waals surface area contributed by atoms with Crippen molar-refractivity contribution in [1.82, 2.24) is 0 Å². The van der Waals surface area contributed by atoms with E-state index >= 15 is 0 Å². The Morgan fingerprint density at radius 1 is 0.281 bits per heavy atom. The van der Waals surface area contributed by atoms with Crippen LogP contribution in [0.5, 0.6) is 0 Å². The van der Waals surface area contributed by atoms with Crippen molar-refractivity contribution in [2.75, 3.05) is 4.90 Å². The topological polar surface area (TPSA) is 16.4 Å². The number of para-hydroxylation sites is 2. The van der Waals surface area contributed by atoms with Crippen LogP contribution in [0.2, 0.25) is 0 Å². The largest absolute Gasteiger partial charge is 0.455 e. The second kappa shape index (κ2) is 13.5. The Hall–Kier alpha value is -8.46. The summed E-state index contributed by atoms with van der Waals surface area (Å²) in [6.07, 6.45) is 0. The highest BCUT2D eigenvalue weighted by Crippen LogP contribution is 2.48. The molecule has 64 heavy (non-hydrogen) atoms. The Balaban J connectivity index is 1.03. The van der Waals surface area contributed by atoms with Crippen molar-refractivity contribution in [2.24, 2.45) is 0 Å². The number of benzene rings is 12. The summed E-state index contributed by atoms with van der Waals surface area (Å²) in [6, 6.07) is 82.6. The molecule has 296 valence electrons. The van der Waals surface area contributed by atoms with Gasteiger partial charge in [0.25, 0.3) is 0 Å². The quantitative estimate of drug-likeness (QED) is 0.161. The van der Waals surface area contributed by atoms with Crippen LogP contribution in [0.4, 0.5) is 17.1 Å². The van der Waals surface area contributed by atoms with Gasteiger partial charge in [-0.15, -0.1) is 0 Å². The molecule has 14 rings (SSSR count). The van der Waals surface area contributed by atoms with Crippen LogP contribution in [0.3, 0.4) is 0 Å². The molecule has 0 fully saturated rings. The summed E-state index contributed by atoms with van der Waals surface area (Å²) in [5, 5.41) is 20.0. The zero-order valence-corrected chi connectivity index (χ0v) is 34.7. The number of fused-ring (bicyclic) bond motifs is 6. The predicted molar refractivity (Wildman–Crippen MR) is 273 cm³/mol. The number of hydrogen-bond acceptors (Lipinski definition) is 2. The maximum absolute atomic E-state index is 6.51. The first-order valence-electron chi connectivity index (χ1n) is 22.1. The van der Waals surface area contributed by atoms with E-state index in [-0.39, 0.29) is 0 Å². The fourth-order valence-electron chi connectivity index (χ4n) is 10.8. The van der Waals surface area contributed by atoms with Gasteiger partial charge in [0.2, 0.25) is 0 Å². The number of nitrogens with zero attached hydrogens (tertiary/aromatic N) is 1. The van der Waals surface area contributed by atoms with Crippen LogP contribution in [0, 0.1) is 0 Å². The monoisotopic (exact) mass is 811 g/mol. The van der Waals surface area contributed by atoms with E-state index in [1.165, 1.54) is 86.5 Å². The van der Waals surface area contributed by atoms with Gasteiger partial charge in [0.15, 0.2) is 0 Å². The molecule has 0 spiro atoms. The van der Waals surface area contributed by atoms with E-state index in [1.54, 1.807) is 0 Å². The summed E-state index contributed by atoms with van der Waals surface area (Å²) in [5.74, 6) is 0. The number of furan rings is 1. The standard InChI is InChI=1S/C62H37NO/c1-2-11-43-36-44(27-24-38(43)10-1)39-28-32-46(33-29-39)63(47-34-30-40(31-35-47)48-16-8-21-54-49-15-3-4-23-57(49)64-62(48)54)56-37-45-14-7-19-51-50-17-5-12-41-25-26-42-13-6-18-52(59(42)58(41)50)53-20-9-22-55(56)61(53)60(45)51/h1-37H. The van der Waals surface area contributed by atoms with E-state index in [0.29, 0.717) is 0 Å². The molecule has 0 unspecified atom stereocenters. The van der Waals surface area contributed by atoms with Gasteiger partial charge in [0.05, 0.1) is 5.69 Å². The molecular formula is C62H37NO. The molecule has 1 heterocycles. The second-order valence-corrected chi connectivity index (χ2v) is 17.2. The molecule has 2 nitrogen and oxygen atoms in total. The minimum absolute atomic E-state index is 0.904. The minimum atomic E-state index is 0.904. The minimum Gasteiger partial charge on any atom is -0.455 e. The van der Waals surface area contributed by atoms with Crippen LogP contribution >= 0.6 is 0 Å². The van der Waals surface area contributed by atoms with Crippen molar-refractivity contribution < 1.29 is 4.42 Å². The van der Waals surface area contributed by atoms with Gasteiger partial charge in [-0.25, -0.2) is 0 Å². The SMILES string of the molecule is c1ccc2cc(-c3ccc(N(c4ccc(-c5cccc6c5oc5ccccc56)cc4)c4cc5cccc6c7cccc8ccc9cccc(c%10cccc4c%10c56)c9c87)cc3)ccc2c1. The van der Waals surface area contributed by atoms with Crippen molar-refractivity contribution in [3.63, 3.8) is 0 Å². The molecule has 0 aliphatic heterocycles. The molecule has 0 amide bonds. The summed E-state index contributed by atoms with van der Waals surface area (Å²) < 4.78 is 6.51. The molecule has 0 atom stereocenters. The average molecular weight is 812 g/mol. The van der Waals surface area contributed by atoms with Crippen LogP contribution in [-0.4, -0.2) is 0 Å². The highest BCUT2D eigenvalue weighted by molar-refractivity contribution is 6.38. The van der Waals surface area contributed by atoms with E-state index in [4.69, 9.17) is 4.42 Å². The van der Waals surface area contributed by atoms with Gasteiger partial charge in [-0.2, -0.15) is 0 Å². The van der Waals surface area contributed by atoms with Crippen LogP contribution in [0.15, 0.2) is 229 Å². The van der Waals surface area contributed by atoms with Crippen LogP contribution in [0.25, 0.3) is 120 Å². The van der Waals surface area contributed by atoms with Gasteiger partial charge >= 0.3 is 0 Å². The highest BCUT2D eigenvalue weighted by atomic mass is 16.3. The third kappa shape index (κ3) is 5.14. The lowest BCUT2D eigenvalue weighted by Gasteiger charge is -2.28. The lowest BCUT2D eigenvalue weighted by atomic mass is 9.87. The van der Waals surface area contributed by atoms with E-state index < -0.39 is 0 Å². The summed E-state index contributed by atoms with van der Waals surface area (Å²) in [4.78, 5) is 2.45.